The van der Waals surface area contributed by atoms with Gasteiger partial charge in [0.2, 0.25) is 0 Å². The molecule has 0 bridgehead atoms. The number of urea groups is 1. The molecule has 168 valence electrons. The lowest BCUT2D eigenvalue weighted by atomic mass is 9.95. The lowest BCUT2D eigenvalue weighted by molar-refractivity contribution is 0.0527. The quantitative estimate of drug-likeness (QED) is 0.569. The average molecular weight is 453 g/mol. The van der Waals surface area contributed by atoms with Crippen LogP contribution in [0, 0.1) is 17.5 Å². The number of H-pyrrole nitrogens is 1. The van der Waals surface area contributed by atoms with Crippen LogP contribution in [0.3, 0.4) is 0 Å². The van der Waals surface area contributed by atoms with E-state index >= 15 is 0 Å². The molecule has 1 aliphatic heterocycles. The van der Waals surface area contributed by atoms with Crippen molar-refractivity contribution in [2.24, 2.45) is 0 Å². The first-order chi connectivity index (χ1) is 15.2. The van der Waals surface area contributed by atoms with E-state index in [2.05, 4.69) is 10.3 Å². The van der Waals surface area contributed by atoms with Crippen molar-refractivity contribution in [3.05, 3.63) is 75.0 Å². The highest BCUT2D eigenvalue weighted by atomic mass is 19.3. The largest absolute Gasteiger partial charge is 0.373 e. The maximum Gasteiger partial charge on any atom is 0.322 e. The zero-order chi connectivity index (χ0) is 23.2. The van der Waals surface area contributed by atoms with Crippen LogP contribution in [0.25, 0.3) is 10.8 Å². The zero-order valence-electron chi connectivity index (χ0n) is 16.5. The Kier molecular flexibility index (Phi) is 5.59. The van der Waals surface area contributed by atoms with Crippen LogP contribution in [0.1, 0.15) is 29.3 Å². The van der Waals surface area contributed by atoms with Gasteiger partial charge in [0.1, 0.15) is 5.82 Å². The van der Waals surface area contributed by atoms with Gasteiger partial charge in [0, 0.05) is 24.0 Å². The van der Waals surface area contributed by atoms with Crippen LogP contribution in [0.15, 0.2) is 35.1 Å². The van der Waals surface area contributed by atoms with Gasteiger partial charge in [-0.3, -0.25) is 4.79 Å². The van der Waals surface area contributed by atoms with Gasteiger partial charge in [-0.05, 0) is 35.7 Å². The minimum absolute atomic E-state index is 0.0127. The number of fused-ring (bicyclic) bond motifs is 3. The van der Waals surface area contributed by atoms with E-state index in [0.29, 0.717) is 11.3 Å². The van der Waals surface area contributed by atoms with Crippen LogP contribution in [-0.2, 0) is 11.3 Å². The predicted molar refractivity (Wildman–Crippen MR) is 105 cm³/mol. The molecule has 11 heteroatoms. The molecular formula is C21H16F5N3O3. The Morgan fingerprint density at radius 1 is 1.12 bits per heavy atom. The van der Waals surface area contributed by atoms with Gasteiger partial charge in [-0.25, -0.2) is 26.7 Å². The molecule has 1 unspecified atom stereocenters. The minimum Gasteiger partial charge on any atom is -0.373 e. The number of rotatable bonds is 3. The van der Waals surface area contributed by atoms with Gasteiger partial charge in [-0.2, -0.15) is 0 Å². The molecule has 0 saturated heterocycles. The molecule has 0 fully saturated rings. The SMILES string of the molecule is CN(C(=O)Nc1ccc(F)c(C(F)F)c1)C1COCc2[nH]c(=O)c3cc(F)c(F)cc3c21. The molecule has 1 aromatic heterocycles. The molecule has 0 radical (unpaired) electrons. The van der Waals surface area contributed by atoms with Crippen molar-refractivity contribution >= 4 is 22.5 Å². The van der Waals surface area contributed by atoms with Crippen LogP contribution in [0.5, 0.6) is 0 Å². The number of aromatic nitrogens is 1. The van der Waals surface area contributed by atoms with Crippen LogP contribution in [0.4, 0.5) is 32.4 Å². The first kappa shape index (κ1) is 21.8. The highest BCUT2D eigenvalue weighted by Crippen LogP contribution is 2.34. The number of benzene rings is 2. The topological polar surface area (TPSA) is 74.4 Å². The molecule has 2 heterocycles. The maximum atomic E-state index is 14.0. The van der Waals surface area contributed by atoms with Crippen molar-refractivity contribution in [1.82, 2.24) is 9.88 Å². The zero-order valence-corrected chi connectivity index (χ0v) is 16.5. The number of ether oxygens (including phenoxy) is 1. The molecule has 4 rings (SSSR count). The third-order valence-electron chi connectivity index (χ3n) is 5.31. The molecule has 6 nitrogen and oxygen atoms in total. The summed E-state index contributed by atoms with van der Waals surface area (Å²) in [5.74, 6) is -3.46. The summed E-state index contributed by atoms with van der Waals surface area (Å²) in [4.78, 5) is 28.8. The number of halogens is 5. The summed E-state index contributed by atoms with van der Waals surface area (Å²) in [6.45, 7) is -0.0378. The Morgan fingerprint density at radius 2 is 1.81 bits per heavy atom. The Labute approximate surface area is 177 Å². The maximum absolute atomic E-state index is 14.0. The first-order valence-electron chi connectivity index (χ1n) is 9.40. The standard InChI is InChI=1S/C21H16F5N3O3/c1-29(21(31)27-9-2-3-13(22)12(4-9)19(25)26)17-8-32-7-16-18(17)10-5-14(23)15(24)6-11(10)20(30)28-16/h2-6,17,19H,7-8H2,1H3,(H,27,31)(H,28,30). The van der Waals surface area contributed by atoms with Crippen LogP contribution in [-0.4, -0.2) is 29.6 Å². The summed E-state index contributed by atoms with van der Waals surface area (Å²) in [6.07, 6.45) is -3.07. The molecule has 0 aliphatic carbocycles. The normalized spacial score (nSPS) is 15.7. The highest BCUT2D eigenvalue weighted by molar-refractivity contribution is 5.91. The summed E-state index contributed by atoms with van der Waals surface area (Å²) in [5, 5.41) is 2.43. The smallest absolute Gasteiger partial charge is 0.322 e. The van der Waals surface area contributed by atoms with E-state index in [1.165, 1.54) is 11.9 Å². The number of nitrogens with zero attached hydrogens (tertiary/aromatic N) is 1. The fraction of sp³-hybridized carbons (Fsp3) is 0.238. The van der Waals surface area contributed by atoms with Crippen LogP contribution >= 0.6 is 0 Å². The monoisotopic (exact) mass is 453 g/mol. The third-order valence-corrected chi connectivity index (χ3v) is 5.31. The number of hydrogen-bond acceptors (Lipinski definition) is 3. The molecule has 3 aromatic rings. The van der Waals surface area contributed by atoms with Crippen LogP contribution < -0.4 is 10.9 Å². The van der Waals surface area contributed by atoms with Gasteiger partial charge < -0.3 is 19.9 Å². The Hall–Kier alpha value is -3.47. The number of alkyl halides is 2. The van der Waals surface area contributed by atoms with Gasteiger partial charge in [0.25, 0.3) is 12.0 Å². The lowest BCUT2D eigenvalue weighted by Gasteiger charge is -2.33. The van der Waals surface area contributed by atoms with Gasteiger partial charge >= 0.3 is 6.03 Å². The van der Waals surface area contributed by atoms with Crippen molar-refractivity contribution in [1.29, 1.82) is 0 Å². The highest BCUT2D eigenvalue weighted by Gasteiger charge is 2.31. The Morgan fingerprint density at radius 3 is 2.50 bits per heavy atom. The first-order valence-corrected chi connectivity index (χ1v) is 9.40. The predicted octanol–water partition coefficient (Wildman–Crippen LogP) is 4.62. The molecule has 2 amide bonds. The lowest BCUT2D eigenvalue weighted by Crippen LogP contribution is -2.39. The molecule has 0 saturated carbocycles. The third kappa shape index (κ3) is 3.79. The van der Waals surface area contributed by atoms with Gasteiger partial charge in [-0.15, -0.1) is 0 Å². The molecule has 2 aromatic carbocycles. The number of hydrogen-bond donors (Lipinski definition) is 2. The Balaban J connectivity index is 1.71. The fourth-order valence-corrected chi connectivity index (χ4v) is 3.69. The summed E-state index contributed by atoms with van der Waals surface area (Å²) in [7, 11) is 1.38. The van der Waals surface area contributed by atoms with Crippen molar-refractivity contribution in [3.8, 4) is 0 Å². The van der Waals surface area contributed by atoms with E-state index in [1.54, 1.807) is 0 Å². The summed E-state index contributed by atoms with van der Waals surface area (Å²) >= 11 is 0. The number of carbonyl (C=O) groups excluding carboxylic acids is 1. The number of anilines is 1. The summed E-state index contributed by atoms with van der Waals surface area (Å²) in [5.41, 5.74) is -0.895. The molecule has 2 N–H and O–H groups in total. The van der Waals surface area contributed by atoms with E-state index in [4.69, 9.17) is 4.74 Å². The molecule has 0 spiro atoms. The Bertz CT molecular complexity index is 1280. The number of amides is 2. The number of pyridine rings is 1. The number of nitrogens with one attached hydrogen (secondary N) is 2. The van der Waals surface area contributed by atoms with E-state index in [1.807, 2.05) is 0 Å². The number of likely N-dealkylation sites (N-methyl/N-ethyl adjacent to an activating group) is 1. The molecule has 1 aliphatic rings. The number of carbonyl (C=O) groups is 1. The van der Waals surface area contributed by atoms with Crippen molar-refractivity contribution < 1.29 is 31.5 Å². The number of aromatic amines is 1. The second-order valence-electron chi connectivity index (χ2n) is 7.27. The fourth-order valence-electron chi connectivity index (χ4n) is 3.69. The van der Waals surface area contributed by atoms with E-state index in [9.17, 15) is 31.5 Å². The van der Waals surface area contributed by atoms with Crippen molar-refractivity contribution in [3.63, 3.8) is 0 Å². The summed E-state index contributed by atoms with van der Waals surface area (Å²) in [6, 6.07) is 2.86. The van der Waals surface area contributed by atoms with Crippen LogP contribution in [0.2, 0.25) is 0 Å². The minimum atomic E-state index is -3.07. The second kappa shape index (κ2) is 8.23. The van der Waals surface area contributed by atoms with E-state index in [0.717, 1.165) is 30.3 Å². The molecule has 32 heavy (non-hydrogen) atoms. The molecule has 1 atom stereocenters. The summed E-state index contributed by atoms with van der Waals surface area (Å²) < 4.78 is 72.5. The van der Waals surface area contributed by atoms with E-state index < -0.39 is 47.1 Å². The van der Waals surface area contributed by atoms with Gasteiger partial charge in [-0.1, -0.05) is 0 Å². The van der Waals surface area contributed by atoms with E-state index in [-0.39, 0.29) is 29.7 Å². The van der Waals surface area contributed by atoms with Crippen molar-refractivity contribution in [2.75, 3.05) is 19.0 Å². The average Bonchev–Trinajstić information content (AvgIpc) is 2.75. The van der Waals surface area contributed by atoms with Crippen molar-refractivity contribution in [2.45, 2.75) is 19.1 Å². The van der Waals surface area contributed by atoms with Gasteiger partial charge in [0.05, 0.1) is 30.2 Å². The van der Waals surface area contributed by atoms with Gasteiger partial charge in [0.15, 0.2) is 11.6 Å². The molecular weight excluding hydrogens is 437 g/mol. The second-order valence-corrected chi connectivity index (χ2v) is 7.27.